The summed E-state index contributed by atoms with van der Waals surface area (Å²) in [6, 6.07) is 14.3. The summed E-state index contributed by atoms with van der Waals surface area (Å²) in [5.41, 5.74) is 3.28. The van der Waals surface area contributed by atoms with Gasteiger partial charge in [-0.3, -0.25) is 0 Å². The Labute approximate surface area is 136 Å². The first kappa shape index (κ1) is 15.5. The molecule has 0 aliphatic rings. The molecule has 2 aromatic carbocycles. The molecule has 0 spiro atoms. The van der Waals surface area contributed by atoms with Crippen molar-refractivity contribution in [3.8, 4) is 0 Å². The fraction of sp³-hybridized carbons (Fsp3) is 0.250. The molecule has 2 nitrogen and oxygen atoms in total. The molecule has 4 heteroatoms. The highest BCUT2D eigenvalue weighted by atomic mass is 79.9. The largest absolute Gasteiger partial charge is 0.389 e. The van der Waals surface area contributed by atoms with Gasteiger partial charge in [0.05, 0.1) is 11.8 Å². The second-order valence-electron chi connectivity index (χ2n) is 4.87. The lowest BCUT2D eigenvalue weighted by molar-refractivity contribution is 0.199. The van der Waals surface area contributed by atoms with Crippen molar-refractivity contribution in [3.63, 3.8) is 0 Å². The molecular formula is C16H17Br2NO. The number of hydrogen-bond acceptors (Lipinski definition) is 2. The van der Waals surface area contributed by atoms with E-state index in [1.54, 1.807) is 6.92 Å². The van der Waals surface area contributed by atoms with Crippen molar-refractivity contribution in [2.75, 3.05) is 11.9 Å². The third-order valence-electron chi connectivity index (χ3n) is 3.20. The number of benzene rings is 2. The van der Waals surface area contributed by atoms with Crippen LogP contribution in [-0.4, -0.2) is 12.2 Å². The number of aliphatic hydroxyl groups is 1. The van der Waals surface area contributed by atoms with Crippen molar-refractivity contribution in [1.82, 2.24) is 0 Å². The van der Waals surface area contributed by atoms with E-state index in [1.807, 2.05) is 18.2 Å². The van der Waals surface area contributed by atoms with Crippen LogP contribution in [0.1, 0.15) is 24.2 Å². The van der Waals surface area contributed by atoms with E-state index in [0.29, 0.717) is 0 Å². The summed E-state index contributed by atoms with van der Waals surface area (Å²) in [6.45, 7) is 2.60. The summed E-state index contributed by atoms with van der Waals surface area (Å²) in [6.07, 6.45) is -0.447. The van der Waals surface area contributed by atoms with Crippen LogP contribution in [0.2, 0.25) is 0 Å². The average molecular weight is 399 g/mol. The Morgan fingerprint density at radius 3 is 2.30 bits per heavy atom. The molecule has 0 bridgehead atoms. The zero-order chi connectivity index (χ0) is 14.7. The van der Waals surface area contributed by atoms with E-state index in [0.717, 1.165) is 26.7 Å². The lowest BCUT2D eigenvalue weighted by atomic mass is 10.1. The van der Waals surface area contributed by atoms with Crippen LogP contribution in [0.4, 0.5) is 5.69 Å². The molecule has 2 aromatic rings. The molecule has 0 heterocycles. The Kier molecular flexibility index (Phi) is 5.24. The Morgan fingerprint density at radius 2 is 1.75 bits per heavy atom. The fourth-order valence-electron chi connectivity index (χ4n) is 2.04. The fourth-order valence-corrected chi connectivity index (χ4v) is 3.00. The standard InChI is InChI=1S/C16H17Br2NO/c1-11(20)13-5-8-16(15(18)9-13)19(2)10-12-3-6-14(17)7-4-12/h3-9,11,20H,10H2,1-2H3/t11-/m1/s1. The van der Waals surface area contributed by atoms with E-state index >= 15 is 0 Å². The highest BCUT2D eigenvalue weighted by Crippen LogP contribution is 2.29. The van der Waals surface area contributed by atoms with Gasteiger partial charge >= 0.3 is 0 Å². The van der Waals surface area contributed by atoms with Gasteiger partial charge in [0.25, 0.3) is 0 Å². The first-order valence-electron chi connectivity index (χ1n) is 6.40. The van der Waals surface area contributed by atoms with Crippen LogP contribution in [0.25, 0.3) is 0 Å². The molecule has 0 aliphatic heterocycles. The number of nitrogens with zero attached hydrogens (tertiary/aromatic N) is 1. The van der Waals surface area contributed by atoms with E-state index < -0.39 is 6.10 Å². The first-order chi connectivity index (χ1) is 9.47. The summed E-state index contributed by atoms with van der Waals surface area (Å²) in [7, 11) is 2.06. The lowest BCUT2D eigenvalue weighted by Gasteiger charge is -2.22. The summed E-state index contributed by atoms with van der Waals surface area (Å²) in [5.74, 6) is 0. The zero-order valence-corrected chi connectivity index (χ0v) is 14.6. The second-order valence-corrected chi connectivity index (χ2v) is 6.64. The van der Waals surface area contributed by atoms with E-state index in [1.165, 1.54) is 5.56 Å². The summed E-state index contributed by atoms with van der Waals surface area (Å²) < 4.78 is 2.09. The number of aliphatic hydroxyl groups excluding tert-OH is 1. The first-order valence-corrected chi connectivity index (χ1v) is 7.99. The number of rotatable bonds is 4. The third-order valence-corrected chi connectivity index (χ3v) is 4.36. The monoisotopic (exact) mass is 397 g/mol. The minimum absolute atomic E-state index is 0.447. The topological polar surface area (TPSA) is 23.5 Å². The zero-order valence-electron chi connectivity index (χ0n) is 11.5. The smallest absolute Gasteiger partial charge is 0.0762 e. The van der Waals surface area contributed by atoms with Gasteiger partial charge in [0.15, 0.2) is 0 Å². The van der Waals surface area contributed by atoms with Crippen molar-refractivity contribution >= 4 is 37.5 Å². The predicted octanol–water partition coefficient (Wildman–Crippen LogP) is 4.90. The SMILES string of the molecule is C[C@@H](O)c1ccc(N(C)Cc2ccc(Br)cc2)c(Br)c1. The molecule has 0 saturated carbocycles. The molecule has 20 heavy (non-hydrogen) atoms. The van der Waals surface area contributed by atoms with E-state index in [-0.39, 0.29) is 0 Å². The van der Waals surface area contributed by atoms with Gasteiger partial charge in [-0.2, -0.15) is 0 Å². The highest BCUT2D eigenvalue weighted by Gasteiger charge is 2.09. The molecule has 0 aromatic heterocycles. The van der Waals surface area contributed by atoms with E-state index in [4.69, 9.17) is 0 Å². The molecule has 2 rings (SSSR count). The number of halogens is 2. The Balaban J connectivity index is 2.16. The van der Waals surface area contributed by atoms with Gasteiger partial charge in [-0.05, 0) is 58.2 Å². The van der Waals surface area contributed by atoms with Crippen LogP contribution in [-0.2, 0) is 6.54 Å². The maximum atomic E-state index is 9.60. The van der Waals surface area contributed by atoms with Gasteiger partial charge in [-0.25, -0.2) is 0 Å². The molecule has 0 fully saturated rings. The molecular weight excluding hydrogens is 382 g/mol. The van der Waals surface area contributed by atoms with E-state index in [2.05, 4.69) is 68.1 Å². The summed E-state index contributed by atoms with van der Waals surface area (Å²) in [4.78, 5) is 2.18. The van der Waals surface area contributed by atoms with E-state index in [9.17, 15) is 5.11 Å². The molecule has 0 amide bonds. The van der Waals surface area contributed by atoms with Gasteiger partial charge in [0.2, 0.25) is 0 Å². The van der Waals surface area contributed by atoms with Crippen molar-refractivity contribution in [2.24, 2.45) is 0 Å². The molecule has 106 valence electrons. The van der Waals surface area contributed by atoms with Crippen LogP contribution in [0.5, 0.6) is 0 Å². The van der Waals surface area contributed by atoms with Gasteiger partial charge in [-0.15, -0.1) is 0 Å². The minimum Gasteiger partial charge on any atom is -0.389 e. The molecule has 0 radical (unpaired) electrons. The Hall–Kier alpha value is -0.840. The van der Waals surface area contributed by atoms with Crippen LogP contribution in [0.15, 0.2) is 51.4 Å². The predicted molar refractivity (Wildman–Crippen MR) is 91.0 cm³/mol. The number of anilines is 1. The molecule has 0 unspecified atom stereocenters. The van der Waals surface area contributed by atoms with Gasteiger partial charge in [-0.1, -0.05) is 34.1 Å². The van der Waals surface area contributed by atoms with Gasteiger partial charge in [0, 0.05) is 22.5 Å². The molecule has 1 atom stereocenters. The molecule has 0 saturated heterocycles. The Morgan fingerprint density at radius 1 is 1.10 bits per heavy atom. The van der Waals surface area contributed by atoms with Crippen molar-refractivity contribution < 1.29 is 5.11 Å². The van der Waals surface area contributed by atoms with Gasteiger partial charge < -0.3 is 10.0 Å². The maximum absolute atomic E-state index is 9.60. The van der Waals surface area contributed by atoms with Crippen molar-refractivity contribution in [1.29, 1.82) is 0 Å². The van der Waals surface area contributed by atoms with Crippen LogP contribution < -0.4 is 4.90 Å². The van der Waals surface area contributed by atoms with Crippen LogP contribution in [0, 0.1) is 0 Å². The van der Waals surface area contributed by atoms with Crippen LogP contribution >= 0.6 is 31.9 Å². The summed E-state index contributed by atoms with van der Waals surface area (Å²) in [5, 5.41) is 9.60. The van der Waals surface area contributed by atoms with Crippen LogP contribution in [0.3, 0.4) is 0 Å². The highest BCUT2D eigenvalue weighted by molar-refractivity contribution is 9.10. The normalized spacial score (nSPS) is 12.2. The Bertz CT molecular complexity index is 582. The third kappa shape index (κ3) is 3.84. The minimum atomic E-state index is -0.447. The van der Waals surface area contributed by atoms with Gasteiger partial charge in [0.1, 0.15) is 0 Å². The lowest BCUT2D eigenvalue weighted by Crippen LogP contribution is -2.16. The van der Waals surface area contributed by atoms with Crippen molar-refractivity contribution in [2.45, 2.75) is 19.6 Å². The second kappa shape index (κ2) is 6.74. The molecule has 1 N–H and O–H groups in total. The number of hydrogen-bond donors (Lipinski definition) is 1. The average Bonchev–Trinajstić information content (AvgIpc) is 2.41. The van der Waals surface area contributed by atoms with Crippen molar-refractivity contribution in [3.05, 3.63) is 62.5 Å². The molecule has 0 aliphatic carbocycles. The summed E-state index contributed by atoms with van der Waals surface area (Å²) >= 11 is 7.03. The quantitative estimate of drug-likeness (QED) is 0.791. The maximum Gasteiger partial charge on any atom is 0.0762 e.